The fraction of sp³-hybridized carbons (Fsp3) is 0.200. The molecular weight excluding hydrogens is 196 g/mol. The van der Waals surface area contributed by atoms with Crippen LogP contribution in [0.2, 0.25) is 0 Å². The normalized spacial score (nSPS) is 19.0. The topological polar surface area (TPSA) is 32.7 Å². The second-order valence-electron chi connectivity index (χ2n) is 3.29. The largest absolute Gasteiger partial charge is 0.286 e. The van der Waals surface area contributed by atoms with Crippen molar-refractivity contribution >= 4 is 28.5 Å². The molecule has 0 aromatic heterocycles. The molecule has 1 saturated heterocycles. The van der Waals surface area contributed by atoms with Crippen molar-refractivity contribution in [3.63, 3.8) is 0 Å². The van der Waals surface area contributed by atoms with Gasteiger partial charge in [0.1, 0.15) is 0 Å². The number of carbonyl (C=O) groups excluding carboxylic acids is 1. The highest BCUT2D eigenvalue weighted by molar-refractivity contribution is 8.15. The fourth-order valence-corrected chi connectivity index (χ4v) is 2.56. The maximum Gasteiger partial charge on any atom is 0.239 e. The number of benzene rings is 1. The Morgan fingerprint density at radius 3 is 3.14 bits per heavy atom. The van der Waals surface area contributed by atoms with Crippen molar-refractivity contribution < 1.29 is 4.79 Å². The molecule has 0 unspecified atom stereocenters. The van der Waals surface area contributed by atoms with Crippen LogP contribution in [0.25, 0.3) is 0 Å². The van der Waals surface area contributed by atoms with Crippen molar-refractivity contribution in [3.8, 4) is 0 Å². The van der Waals surface area contributed by atoms with Crippen molar-refractivity contribution in [2.45, 2.75) is 6.54 Å². The molecule has 70 valence electrons. The lowest BCUT2D eigenvalue weighted by Crippen LogP contribution is -2.30. The molecule has 1 aromatic rings. The van der Waals surface area contributed by atoms with Gasteiger partial charge in [-0.1, -0.05) is 30.0 Å². The first-order chi connectivity index (χ1) is 6.84. The monoisotopic (exact) mass is 204 g/mol. The summed E-state index contributed by atoms with van der Waals surface area (Å²) in [7, 11) is 0. The van der Waals surface area contributed by atoms with Gasteiger partial charge in [0, 0.05) is 0 Å². The second-order valence-corrected chi connectivity index (χ2v) is 4.23. The summed E-state index contributed by atoms with van der Waals surface area (Å²) in [6.45, 7) is 0.681. The predicted molar refractivity (Wildman–Crippen MR) is 56.5 cm³/mol. The van der Waals surface area contributed by atoms with E-state index in [0.29, 0.717) is 12.3 Å². The number of hydrogen-bond donors (Lipinski definition) is 0. The third-order valence-corrected chi connectivity index (χ3v) is 3.35. The Kier molecular flexibility index (Phi) is 1.64. The summed E-state index contributed by atoms with van der Waals surface area (Å²) >= 11 is 1.52. The van der Waals surface area contributed by atoms with Crippen LogP contribution >= 0.6 is 11.8 Å². The van der Waals surface area contributed by atoms with Gasteiger partial charge >= 0.3 is 0 Å². The highest BCUT2D eigenvalue weighted by Crippen LogP contribution is 2.32. The van der Waals surface area contributed by atoms with E-state index in [4.69, 9.17) is 0 Å². The Morgan fingerprint density at radius 2 is 2.21 bits per heavy atom. The average molecular weight is 204 g/mol. The van der Waals surface area contributed by atoms with E-state index in [1.54, 1.807) is 4.90 Å². The number of hydrogen-bond acceptors (Lipinski definition) is 3. The molecule has 3 rings (SSSR count). The van der Waals surface area contributed by atoms with Crippen molar-refractivity contribution in [1.82, 2.24) is 4.90 Å². The van der Waals surface area contributed by atoms with Gasteiger partial charge in [0.05, 0.1) is 18.0 Å². The molecule has 1 fully saturated rings. The van der Waals surface area contributed by atoms with E-state index < -0.39 is 0 Å². The Morgan fingerprint density at radius 1 is 1.36 bits per heavy atom. The second kappa shape index (κ2) is 2.85. The number of para-hydroxylation sites is 1. The van der Waals surface area contributed by atoms with Crippen molar-refractivity contribution in [2.75, 3.05) is 5.75 Å². The van der Waals surface area contributed by atoms with Gasteiger partial charge < -0.3 is 0 Å². The van der Waals surface area contributed by atoms with Crippen LogP contribution in [0.5, 0.6) is 0 Å². The molecule has 2 heterocycles. The predicted octanol–water partition coefficient (Wildman–Crippen LogP) is 1.76. The van der Waals surface area contributed by atoms with E-state index in [1.165, 1.54) is 11.8 Å². The van der Waals surface area contributed by atoms with Crippen LogP contribution < -0.4 is 0 Å². The quantitative estimate of drug-likeness (QED) is 0.645. The number of amidine groups is 1. The van der Waals surface area contributed by atoms with Gasteiger partial charge in [0.25, 0.3) is 0 Å². The molecule has 0 spiro atoms. The zero-order valence-corrected chi connectivity index (χ0v) is 8.25. The van der Waals surface area contributed by atoms with Crippen LogP contribution in [-0.2, 0) is 11.3 Å². The van der Waals surface area contributed by atoms with Crippen molar-refractivity contribution in [2.24, 2.45) is 4.99 Å². The lowest BCUT2D eigenvalue weighted by atomic mass is 10.1. The van der Waals surface area contributed by atoms with Crippen LogP contribution in [0.4, 0.5) is 5.69 Å². The Labute approximate surface area is 85.8 Å². The van der Waals surface area contributed by atoms with Crippen LogP contribution in [0, 0.1) is 0 Å². The number of nitrogens with zero attached hydrogens (tertiary/aromatic N) is 2. The van der Waals surface area contributed by atoms with Gasteiger partial charge in [0.2, 0.25) is 5.91 Å². The summed E-state index contributed by atoms with van der Waals surface area (Å²) in [5, 5.41) is 0.855. The Balaban J connectivity index is 2.11. The van der Waals surface area contributed by atoms with Crippen LogP contribution in [0.3, 0.4) is 0 Å². The number of rotatable bonds is 0. The third kappa shape index (κ3) is 1.07. The summed E-state index contributed by atoms with van der Waals surface area (Å²) < 4.78 is 0. The van der Waals surface area contributed by atoms with E-state index in [-0.39, 0.29) is 5.91 Å². The first-order valence-corrected chi connectivity index (χ1v) is 5.43. The van der Waals surface area contributed by atoms with E-state index in [2.05, 4.69) is 4.99 Å². The average Bonchev–Trinajstić information content (AvgIpc) is 2.57. The number of fused-ring (bicyclic) bond motifs is 2. The Bertz CT molecular complexity index is 442. The van der Waals surface area contributed by atoms with Gasteiger partial charge in [0.15, 0.2) is 5.17 Å². The zero-order chi connectivity index (χ0) is 9.54. The third-order valence-electron chi connectivity index (χ3n) is 2.39. The molecule has 14 heavy (non-hydrogen) atoms. The van der Waals surface area contributed by atoms with E-state index >= 15 is 0 Å². The minimum Gasteiger partial charge on any atom is -0.286 e. The molecule has 0 atom stereocenters. The number of carbonyl (C=O) groups is 1. The van der Waals surface area contributed by atoms with Gasteiger partial charge in [-0.25, -0.2) is 4.99 Å². The first-order valence-electron chi connectivity index (χ1n) is 4.44. The van der Waals surface area contributed by atoms with Gasteiger partial charge in [-0.05, 0) is 11.6 Å². The number of aliphatic imine (C=N–C) groups is 1. The minimum atomic E-state index is 0.170. The van der Waals surface area contributed by atoms with E-state index in [0.717, 1.165) is 16.4 Å². The summed E-state index contributed by atoms with van der Waals surface area (Å²) in [5.74, 6) is 0.704. The minimum absolute atomic E-state index is 0.170. The number of amides is 1. The number of thioether (sulfide) groups is 1. The molecule has 1 aromatic carbocycles. The highest BCUT2D eigenvalue weighted by atomic mass is 32.2. The van der Waals surface area contributed by atoms with Crippen molar-refractivity contribution in [1.29, 1.82) is 0 Å². The fourth-order valence-electron chi connectivity index (χ4n) is 1.66. The first kappa shape index (κ1) is 8.05. The lowest BCUT2D eigenvalue weighted by molar-refractivity contribution is -0.124. The van der Waals surface area contributed by atoms with E-state index in [9.17, 15) is 4.79 Å². The molecule has 3 nitrogen and oxygen atoms in total. The molecule has 0 aliphatic carbocycles. The standard InChI is InChI=1S/C10H8N2OS/c13-9-6-14-10-11-8-4-2-1-3-7(8)5-12(9)10/h1-4H,5-6H2. The van der Waals surface area contributed by atoms with E-state index in [1.807, 2.05) is 24.3 Å². The summed E-state index contributed by atoms with van der Waals surface area (Å²) in [4.78, 5) is 17.6. The zero-order valence-electron chi connectivity index (χ0n) is 7.43. The summed E-state index contributed by atoms with van der Waals surface area (Å²) in [6.07, 6.45) is 0. The molecular formula is C10H8N2OS. The molecule has 0 radical (unpaired) electrons. The van der Waals surface area contributed by atoms with Gasteiger partial charge in [-0.3, -0.25) is 9.69 Å². The van der Waals surface area contributed by atoms with Gasteiger partial charge in [-0.2, -0.15) is 0 Å². The summed E-state index contributed by atoms with van der Waals surface area (Å²) in [5.41, 5.74) is 2.13. The molecule has 0 bridgehead atoms. The SMILES string of the molecule is O=C1CSC2=Nc3ccccc3CN12. The van der Waals surface area contributed by atoms with Crippen LogP contribution in [0.15, 0.2) is 29.3 Å². The van der Waals surface area contributed by atoms with Crippen molar-refractivity contribution in [3.05, 3.63) is 29.8 Å². The molecule has 2 aliphatic heterocycles. The maximum atomic E-state index is 11.4. The summed E-state index contributed by atoms with van der Waals surface area (Å²) in [6, 6.07) is 7.96. The molecule has 4 heteroatoms. The molecule has 0 N–H and O–H groups in total. The Hall–Kier alpha value is -1.29. The lowest BCUT2D eigenvalue weighted by Gasteiger charge is -2.21. The van der Waals surface area contributed by atoms with Crippen LogP contribution in [0.1, 0.15) is 5.56 Å². The maximum absolute atomic E-state index is 11.4. The molecule has 0 saturated carbocycles. The van der Waals surface area contributed by atoms with Gasteiger partial charge in [-0.15, -0.1) is 0 Å². The molecule has 2 aliphatic rings. The molecule has 1 amide bonds. The van der Waals surface area contributed by atoms with Crippen LogP contribution in [-0.4, -0.2) is 21.7 Å². The highest BCUT2D eigenvalue weighted by Gasteiger charge is 2.31. The smallest absolute Gasteiger partial charge is 0.239 e.